The zero-order chi connectivity index (χ0) is 92.7. The first-order valence-electron chi connectivity index (χ1n) is 35.8. The highest BCUT2D eigenvalue weighted by molar-refractivity contribution is 9.11. The number of primary amides is 2. The summed E-state index contributed by atoms with van der Waals surface area (Å²) in [4.78, 5) is 111. The number of amides is 12. The van der Waals surface area contributed by atoms with Crippen molar-refractivity contribution in [3.8, 4) is 69.0 Å². The first-order chi connectivity index (χ1) is 61.1. The zero-order valence-electron chi connectivity index (χ0n) is 65.0. The molecule has 4 aromatic heterocycles. The van der Waals surface area contributed by atoms with E-state index >= 15 is 0 Å². The maximum Gasteiger partial charge on any atom is 0.387 e. The number of hydrogen-bond acceptors (Lipinski definition) is 20. The summed E-state index contributed by atoms with van der Waals surface area (Å²) in [6, 6.07) is 45.4. The summed E-state index contributed by atoms with van der Waals surface area (Å²) in [5, 5.41) is 24.1. The maximum atomic E-state index is 14.5. The van der Waals surface area contributed by atoms with Gasteiger partial charge in [-0.1, -0.05) is 63.7 Å². The third-order valence-electron chi connectivity index (χ3n) is 15.6. The topological polar surface area (TPSA) is 434 Å². The lowest BCUT2D eigenvalue weighted by molar-refractivity contribution is -0.0500. The van der Waals surface area contributed by atoms with Crippen LogP contribution >= 0.6 is 63.7 Å². The van der Waals surface area contributed by atoms with Crippen molar-refractivity contribution in [2.75, 3.05) is 56.6 Å². The molecular formula is C82H62Br4F10N16O16. The molecule has 12 amide bonds. The number of hydrogen-bond donors (Lipinski definition) is 12. The van der Waals surface area contributed by atoms with Crippen molar-refractivity contribution in [3.63, 3.8) is 0 Å². The van der Waals surface area contributed by atoms with Crippen molar-refractivity contribution in [1.82, 2.24) is 30.6 Å². The van der Waals surface area contributed by atoms with Crippen LogP contribution in [0.5, 0.6) is 69.0 Å². The van der Waals surface area contributed by atoms with Crippen molar-refractivity contribution >= 4 is 157 Å². The molecule has 0 aliphatic rings. The van der Waals surface area contributed by atoms with Crippen molar-refractivity contribution in [2.24, 2.45) is 11.5 Å². The highest BCUT2D eigenvalue weighted by Gasteiger charge is 2.23. The Labute approximate surface area is 750 Å². The predicted octanol–water partition coefficient (Wildman–Crippen LogP) is 20.7. The quantitative estimate of drug-likeness (QED) is 0.0203. The van der Waals surface area contributed by atoms with E-state index in [0.717, 1.165) is 12.1 Å². The van der Waals surface area contributed by atoms with Crippen LogP contribution in [0, 0.1) is 11.6 Å². The van der Waals surface area contributed by atoms with E-state index in [2.05, 4.69) is 156 Å². The number of carbonyl (C=O) groups excluding carboxylic acids is 8. The number of anilines is 8. The van der Waals surface area contributed by atoms with Crippen molar-refractivity contribution in [1.29, 1.82) is 0 Å². The first-order valence-corrected chi connectivity index (χ1v) is 39.0. The molecule has 0 aliphatic carbocycles. The summed E-state index contributed by atoms with van der Waals surface area (Å²) in [5.41, 5.74) is 10.9. The predicted molar refractivity (Wildman–Crippen MR) is 460 cm³/mol. The van der Waals surface area contributed by atoms with Crippen molar-refractivity contribution in [3.05, 3.63) is 283 Å². The Balaban J connectivity index is 0.000000193. The second-order valence-electron chi connectivity index (χ2n) is 24.4. The Hall–Kier alpha value is -15.1. The first kappa shape index (κ1) is 96.8. The summed E-state index contributed by atoms with van der Waals surface area (Å²) in [6.45, 7) is -12.3. The van der Waals surface area contributed by atoms with E-state index in [4.69, 9.17) is 30.4 Å². The van der Waals surface area contributed by atoms with Crippen LogP contribution in [0.25, 0.3) is 0 Å². The van der Waals surface area contributed by atoms with Gasteiger partial charge < -0.3 is 103 Å². The lowest BCUT2D eigenvalue weighted by Crippen LogP contribution is -2.21. The van der Waals surface area contributed by atoms with E-state index in [1.54, 1.807) is 78.9 Å². The molecule has 0 spiro atoms. The minimum atomic E-state index is -3.10. The molecule has 0 saturated heterocycles. The molecule has 128 heavy (non-hydrogen) atoms. The van der Waals surface area contributed by atoms with Gasteiger partial charge >= 0.3 is 50.6 Å². The molecule has 12 rings (SSSR count). The molecule has 32 nitrogen and oxygen atoms in total. The summed E-state index contributed by atoms with van der Waals surface area (Å²) in [5.74, 6) is -3.57. The van der Waals surface area contributed by atoms with Gasteiger partial charge in [-0.05, 0) is 194 Å². The fourth-order valence-electron chi connectivity index (χ4n) is 10.2. The number of halogens is 14. The molecule has 0 bridgehead atoms. The Morgan fingerprint density at radius 2 is 0.539 bits per heavy atom. The monoisotopic (exact) mass is 2030 g/mol. The molecule has 0 atom stereocenters. The van der Waals surface area contributed by atoms with Gasteiger partial charge in [-0.25, -0.2) is 47.9 Å². The van der Waals surface area contributed by atoms with Gasteiger partial charge in [-0.2, -0.15) is 35.1 Å². The molecule has 0 unspecified atom stereocenters. The number of ether oxygens (including phenoxy) is 8. The van der Waals surface area contributed by atoms with E-state index in [0.29, 0.717) is 40.8 Å². The van der Waals surface area contributed by atoms with Crippen LogP contribution in [0.1, 0.15) is 42.0 Å². The van der Waals surface area contributed by atoms with Crippen LogP contribution in [0.3, 0.4) is 0 Å². The SMILES string of the molecule is CNC(=O)c1ncccc1Oc1ccc(NC(=O)Nc2cc(Br)ccc2OC(F)F)c(F)c1.CNC(=O)c1ncccc1Oc1ccc(NC(=O)Nc2cc(Br)ccc2OC(F)F)cc1.NC(=O)c1ncccc1Oc1ccc(NC(=O)Nc2cc(Br)ccc2OC(F)F)c(F)c1.NC(=O)c1ncccc1Oc1ccc(NC(=O)Nc2cc(Br)ccc2OC(F)F)cc1. The van der Waals surface area contributed by atoms with E-state index in [9.17, 15) is 82.3 Å². The molecule has 46 heteroatoms. The molecule has 0 saturated carbocycles. The van der Waals surface area contributed by atoms with E-state index in [1.807, 2.05) is 0 Å². The largest absolute Gasteiger partial charge is 0.455 e. The molecule has 8 aromatic carbocycles. The Morgan fingerprint density at radius 1 is 0.297 bits per heavy atom. The third-order valence-corrected chi connectivity index (χ3v) is 17.5. The van der Waals surface area contributed by atoms with Crippen LogP contribution in [0.4, 0.5) is 109 Å². The molecule has 4 heterocycles. The molecule has 14 N–H and O–H groups in total. The average Bonchev–Trinajstić information content (AvgIpc) is 0.821. The molecular weight excluding hydrogens is 1970 g/mol. The van der Waals surface area contributed by atoms with Gasteiger partial charge in [0.25, 0.3) is 23.6 Å². The highest BCUT2D eigenvalue weighted by Crippen LogP contribution is 2.37. The number of nitrogens with one attached hydrogen (secondary N) is 10. The molecule has 0 radical (unpaired) electrons. The molecule has 0 aliphatic heterocycles. The summed E-state index contributed by atoms with van der Waals surface area (Å²) >= 11 is 12.7. The van der Waals surface area contributed by atoms with E-state index < -0.39 is 85.8 Å². The Morgan fingerprint density at radius 3 is 0.797 bits per heavy atom. The number of nitrogens with zero attached hydrogens (tertiary/aromatic N) is 4. The lowest BCUT2D eigenvalue weighted by atomic mass is 10.2. The van der Waals surface area contributed by atoms with Gasteiger partial charge in [-0.15, -0.1) is 0 Å². The van der Waals surface area contributed by atoms with Crippen molar-refractivity contribution < 1.29 is 120 Å². The molecule has 664 valence electrons. The fraction of sp³-hybridized carbons (Fsp3) is 0.0732. The summed E-state index contributed by atoms with van der Waals surface area (Å²) in [6.07, 6.45) is 5.66. The van der Waals surface area contributed by atoms with Crippen LogP contribution < -0.4 is 103 Å². The maximum absolute atomic E-state index is 14.5. The van der Waals surface area contributed by atoms with Gasteiger partial charge in [0, 0.05) is 80.3 Å². The van der Waals surface area contributed by atoms with Gasteiger partial charge in [0.2, 0.25) is 0 Å². The molecule has 12 aromatic rings. The smallest absolute Gasteiger partial charge is 0.387 e. The number of nitrogens with two attached hydrogens (primary N) is 2. The summed E-state index contributed by atoms with van der Waals surface area (Å²) < 4.78 is 171. The second-order valence-corrected chi connectivity index (χ2v) is 28.1. The van der Waals surface area contributed by atoms with E-state index in [-0.39, 0.29) is 114 Å². The number of benzene rings is 8. The number of pyridine rings is 4. The number of alkyl halides is 8. The van der Waals surface area contributed by atoms with Gasteiger partial charge in [-0.3, -0.25) is 19.2 Å². The van der Waals surface area contributed by atoms with Gasteiger partial charge in [0.15, 0.2) is 45.8 Å². The van der Waals surface area contributed by atoms with E-state index in [1.165, 1.54) is 154 Å². The highest BCUT2D eigenvalue weighted by atomic mass is 79.9. The average molecular weight is 2040 g/mol. The molecule has 0 fully saturated rings. The Bertz CT molecular complexity index is 5980. The number of aromatic nitrogens is 4. The number of urea groups is 4. The van der Waals surface area contributed by atoms with Crippen molar-refractivity contribution in [2.45, 2.75) is 26.4 Å². The lowest BCUT2D eigenvalue weighted by Gasteiger charge is -2.14. The Kier molecular flexibility index (Phi) is 35.6. The normalized spacial score (nSPS) is 10.5. The van der Waals surface area contributed by atoms with Crippen LogP contribution in [0.15, 0.2) is 249 Å². The zero-order valence-corrected chi connectivity index (χ0v) is 71.4. The van der Waals surface area contributed by atoms with Gasteiger partial charge in [0.05, 0.1) is 34.1 Å². The van der Waals surface area contributed by atoms with Crippen LogP contribution in [0.2, 0.25) is 0 Å². The summed E-state index contributed by atoms with van der Waals surface area (Å²) in [7, 11) is 2.92. The van der Waals surface area contributed by atoms with Crippen LogP contribution in [-0.4, -0.2) is 108 Å². The number of carbonyl (C=O) groups is 8. The fourth-order valence-corrected chi connectivity index (χ4v) is 11.6. The second kappa shape index (κ2) is 47.1. The van der Waals surface area contributed by atoms with Gasteiger partial charge in [0.1, 0.15) is 57.6 Å². The van der Waals surface area contributed by atoms with Crippen LogP contribution in [-0.2, 0) is 0 Å². The minimum absolute atomic E-state index is 0.0119. The standard InChI is InChI=1S/C21H16BrF3N4O4.C21H17BrF2N4O4.C20H14BrF3N4O4.C20H15BrF2N4O4/c1-26-19(30)18-17(3-2-8-27-18)32-12-5-6-14(13(23)10-12)28-21(31)29-15-9-11(22)4-7-16(15)33-20(24)25;1-25-19(29)18-17(3-2-10-26-18)31-14-7-5-13(6-8-14)27-21(30)28-15-11-12(22)4-9-16(15)32-20(23)24;21-10-3-6-15(32-19(23)24)14(8-10)28-20(30)27-13-5-4-11(9-12(13)22)31-16-2-1-7-26-17(16)18(25)29;21-11-3-8-15(31-19(22)23)14(10-11)27-20(29)26-12-4-6-13(7-5-12)30-16-2-1-9-25-17(16)18(24)28/h2-10,20H,1H3,(H,26,30)(H2,28,29,31);2-11,20H,1H3,(H,25,29)(H2,27,28,30);1-9,19H,(H2,25,29)(H2,27,28,30);1-10,19H,(H2,24,28)(H2,26,27,29). The number of rotatable bonds is 28. The third kappa shape index (κ3) is 30.1. The minimum Gasteiger partial charge on any atom is -0.455 e.